The third kappa shape index (κ3) is 4.83. The SMILES string of the molecule is O=C(N[C@H]1CCc2ccccc21)N1CCN(S(=O)(=O)c2ccc(OC(F)(F)F)cc2)CC1. The van der Waals surface area contributed by atoms with E-state index in [9.17, 15) is 26.4 Å². The number of nitrogens with one attached hydrogen (secondary N) is 1. The molecule has 0 bridgehead atoms. The molecule has 1 atom stereocenters. The number of fused-ring (bicyclic) bond motifs is 1. The van der Waals surface area contributed by atoms with Crippen molar-refractivity contribution in [2.75, 3.05) is 26.2 Å². The first-order valence-corrected chi connectivity index (χ1v) is 11.6. The molecule has 7 nitrogen and oxygen atoms in total. The van der Waals surface area contributed by atoms with Gasteiger partial charge in [-0.2, -0.15) is 4.31 Å². The molecular weight excluding hydrogens is 447 g/mol. The van der Waals surface area contributed by atoms with Crippen molar-refractivity contribution in [2.45, 2.75) is 30.1 Å². The fourth-order valence-corrected chi connectivity index (χ4v) is 5.46. The number of amides is 2. The highest BCUT2D eigenvalue weighted by molar-refractivity contribution is 7.89. The number of carbonyl (C=O) groups is 1. The molecule has 4 rings (SSSR count). The summed E-state index contributed by atoms with van der Waals surface area (Å²) in [6, 6.07) is 11.7. The molecule has 0 radical (unpaired) electrons. The van der Waals surface area contributed by atoms with Gasteiger partial charge >= 0.3 is 12.4 Å². The average Bonchev–Trinajstić information content (AvgIpc) is 3.16. The van der Waals surface area contributed by atoms with Crippen LogP contribution in [0.4, 0.5) is 18.0 Å². The van der Waals surface area contributed by atoms with Crippen LogP contribution in [0.3, 0.4) is 0 Å². The van der Waals surface area contributed by atoms with E-state index < -0.39 is 22.1 Å². The van der Waals surface area contributed by atoms with Crippen LogP contribution in [-0.2, 0) is 16.4 Å². The van der Waals surface area contributed by atoms with Crippen LogP contribution in [0.1, 0.15) is 23.6 Å². The van der Waals surface area contributed by atoms with Crippen LogP contribution in [-0.4, -0.2) is 56.2 Å². The highest BCUT2D eigenvalue weighted by Gasteiger charge is 2.33. The number of rotatable bonds is 4. The Labute approximate surface area is 183 Å². The molecule has 1 N–H and O–H groups in total. The van der Waals surface area contributed by atoms with Gasteiger partial charge in [0.15, 0.2) is 0 Å². The lowest BCUT2D eigenvalue weighted by Crippen LogP contribution is -2.53. The van der Waals surface area contributed by atoms with E-state index in [2.05, 4.69) is 10.1 Å². The number of urea groups is 1. The van der Waals surface area contributed by atoms with E-state index in [1.165, 1.54) is 9.87 Å². The molecule has 11 heteroatoms. The van der Waals surface area contributed by atoms with Crippen LogP contribution in [0, 0.1) is 0 Å². The number of alkyl halides is 3. The van der Waals surface area contributed by atoms with Crippen LogP contribution in [0.2, 0.25) is 0 Å². The van der Waals surface area contributed by atoms with Crippen molar-refractivity contribution in [3.63, 3.8) is 0 Å². The second kappa shape index (κ2) is 8.62. The quantitative estimate of drug-likeness (QED) is 0.746. The zero-order chi connectivity index (χ0) is 22.9. The zero-order valence-electron chi connectivity index (χ0n) is 17.0. The summed E-state index contributed by atoms with van der Waals surface area (Å²) < 4.78 is 67.5. The first kappa shape index (κ1) is 22.4. The van der Waals surface area contributed by atoms with Gasteiger partial charge in [0.25, 0.3) is 0 Å². The number of nitrogens with zero attached hydrogens (tertiary/aromatic N) is 2. The lowest BCUT2D eigenvalue weighted by atomic mass is 10.1. The molecule has 1 saturated heterocycles. The first-order chi connectivity index (χ1) is 15.1. The Kier molecular flexibility index (Phi) is 6.04. The van der Waals surface area contributed by atoms with Crippen molar-refractivity contribution in [2.24, 2.45) is 0 Å². The van der Waals surface area contributed by atoms with Gasteiger partial charge in [0.05, 0.1) is 10.9 Å². The molecule has 32 heavy (non-hydrogen) atoms. The monoisotopic (exact) mass is 469 g/mol. The van der Waals surface area contributed by atoms with Crippen LogP contribution < -0.4 is 10.1 Å². The van der Waals surface area contributed by atoms with Crippen molar-refractivity contribution < 1.29 is 31.1 Å². The Bertz CT molecular complexity index is 1080. The molecule has 0 spiro atoms. The Hall–Kier alpha value is -2.79. The number of benzene rings is 2. The van der Waals surface area contributed by atoms with Gasteiger partial charge in [0.1, 0.15) is 5.75 Å². The van der Waals surface area contributed by atoms with Crippen molar-refractivity contribution in [3.8, 4) is 5.75 Å². The van der Waals surface area contributed by atoms with Gasteiger partial charge in [0.2, 0.25) is 10.0 Å². The summed E-state index contributed by atoms with van der Waals surface area (Å²) in [5, 5.41) is 3.03. The maximum Gasteiger partial charge on any atom is 0.573 e. The van der Waals surface area contributed by atoms with Crippen LogP contribution in [0.5, 0.6) is 5.75 Å². The van der Waals surface area contributed by atoms with Crippen LogP contribution in [0.15, 0.2) is 53.4 Å². The molecule has 0 aromatic heterocycles. The summed E-state index contributed by atoms with van der Waals surface area (Å²) in [7, 11) is -3.90. The largest absolute Gasteiger partial charge is 0.573 e. The van der Waals surface area contributed by atoms with Gasteiger partial charge in [0, 0.05) is 26.2 Å². The first-order valence-electron chi connectivity index (χ1n) is 10.1. The summed E-state index contributed by atoms with van der Waals surface area (Å²) in [6.45, 7) is 0.624. The van der Waals surface area contributed by atoms with Gasteiger partial charge in [-0.05, 0) is 48.2 Å². The fourth-order valence-electron chi connectivity index (χ4n) is 4.04. The van der Waals surface area contributed by atoms with Gasteiger partial charge < -0.3 is 15.0 Å². The van der Waals surface area contributed by atoms with E-state index in [4.69, 9.17) is 0 Å². The maximum atomic E-state index is 12.8. The van der Waals surface area contributed by atoms with Crippen molar-refractivity contribution in [1.82, 2.24) is 14.5 Å². The van der Waals surface area contributed by atoms with Crippen molar-refractivity contribution in [3.05, 3.63) is 59.7 Å². The lowest BCUT2D eigenvalue weighted by Gasteiger charge is -2.34. The molecule has 1 aliphatic heterocycles. The number of piperazine rings is 1. The molecular formula is C21H22F3N3O4S. The van der Waals surface area contributed by atoms with E-state index >= 15 is 0 Å². The Morgan fingerprint density at radius 2 is 1.66 bits per heavy atom. The van der Waals surface area contributed by atoms with E-state index in [1.54, 1.807) is 4.90 Å². The molecule has 0 unspecified atom stereocenters. The summed E-state index contributed by atoms with van der Waals surface area (Å²) in [5.74, 6) is -0.494. The minimum atomic E-state index is -4.85. The van der Waals surface area contributed by atoms with Crippen LogP contribution in [0.25, 0.3) is 0 Å². The zero-order valence-corrected chi connectivity index (χ0v) is 17.8. The topological polar surface area (TPSA) is 79.0 Å². The number of sulfonamides is 1. The minimum absolute atomic E-state index is 0.0575. The lowest BCUT2D eigenvalue weighted by molar-refractivity contribution is -0.274. The molecule has 1 aliphatic carbocycles. The van der Waals surface area contributed by atoms with Gasteiger partial charge in [-0.1, -0.05) is 24.3 Å². The fraction of sp³-hybridized carbons (Fsp3) is 0.381. The number of hydrogen-bond donors (Lipinski definition) is 1. The van der Waals surface area contributed by atoms with E-state index in [1.807, 2.05) is 24.3 Å². The highest BCUT2D eigenvalue weighted by Crippen LogP contribution is 2.31. The normalized spacial score (nSPS) is 19.5. The molecule has 172 valence electrons. The Morgan fingerprint density at radius 3 is 2.31 bits per heavy atom. The molecule has 1 heterocycles. The molecule has 0 saturated carbocycles. The minimum Gasteiger partial charge on any atom is -0.406 e. The Morgan fingerprint density at radius 1 is 1.00 bits per heavy atom. The predicted octanol–water partition coefficient (Wildman–Crippen LogP) is 3.29. The van der Waals surface area contributed by atoms with Gasteiger partial charge in [-0.15, -0.1) is 13.2 Å². The molecule has 2 aliphatic rings. The molecule has 2 aromatic rings. The number of carbonyl (C=O) groups excluding carboxylic acids is 1. The van der Waals surface area contributed by atoms with E-state index in [0.29, 0.717) is 0 Å². The maximum absolute atomic E-state index is 12.8. The number of ether oxygens (including phenoxy) is 1. The summed E-state index contributed by atoms with van der Waals surface area (Å²) >= 11 is 0. The summed E-state index contributed by atoms with van der Waals surface area (Å²) in [5.41, 5.74) is 2.33. The van der Waals surface area contributed by atoms with E-state index in [-0.39, 0.29) is 43.1 Å². The average molecular weight is 469 g/mol. The molecule has 2 amide bonds. The third-order valence-corrected chi connectivity index (χ3v) is 7.56. The van der Waals surface area contributed by atoms with Gasteiger partial charge in [-0.3, -0.25) is 0 Å². The predicted molar refractivity (Wildman–Crippen MR) is 109 cm³/mol. The number of halogens is 3. The molecule has 2 aromatic carbocycles. The summed E-state index contributed by atoms with van der Waals surface area (Å²) in [4.78, 5) is 14.1. The second-order valence-corrected chi connectivity index (χ2v) is 9.59. The summed E-state index contributed by atoms with van der Waals surface area (Å²) in [6.07, 6.45) is -3.12. The highest BCUT2D eigenvalue weighted by atomic mass is 32.2. The van der Waals surface area contributed by atoms with Crippen molar-refractivity contribution in [1.29, 1.82) is 0 Å². The standard InChI is InChI=1S/C21H22F3N3O4S/c22-21(23,24)31-16-6-8-17(9-7-16)32(29,30)27-13-11-26(12-14-27)20(28)25-19-10-5-15-3-1-2-4-18(15)19/h1-4,6-9,19H,5,10-14H2,(H,25,28)/t19-/m0/s1. The molecule has 1 fully saturated rings. The third-order valence-electron chi connectivity index (χ3n) is 5.65. The second-order valence-electron chi connectivity index (χ2n) is 7.65. The van der Waals surface area contributed by atoms with E-state index in [0.717, 1.165) is 42.7 Å². The van der Waals surface area contributed by atoms with Gasteiger partial charge in [-0.25, -0.2) is 13.2 Å². The smallest absolute Gasteiger partial charge is 0.406 e. The number of aryl methyl sites for hydroxylation is 1. The van der Waals surface area contributed by atoms with Crippen LogP contribution >= 0.6 is 0 Å². The Balaban J connectivity index is 1.34. The van der Waals surface area contributed by atoms with Crippen molar-refractivity contribution >= 4 is 16.1 Å². The number of hydrogen-bond acceptors (Lipinski definition) is 4.